The maximum absolute atomic E-state index is 12.1. The second-order valence-corrected chi connectivity index (χ2v) is 5.44. The summed E-state index contributed by atoms with van der Waals surface area (Å²) in [4.78, 5) is 28.5. The Bertz CT molecular complexity index is 509. The van der Waals surface area contributed by atoms with Gasteiger partial charge in [0.25, 0.3) is 0 Å². The number of amides is 2. The zero-order valence-electron chi connectivity index (χ0n) is 10.3. The molecule has 1 saturated heterocycles. The predicted molar refractivity (Wildman–Crippen MR) is 72.9 cm³/mol. The van der Waals surface area contributed by atoms with Crippen molar-refractivity contribution in [2.45, 2.75) is 19.4 Å². The zero-order valence-corrected chi connectivity index (χ0v) is 11.9. The summed E-state index contributed by atoms with van der Waals surface area (Å²) in [6, 6.07) is 4.51. The van der Waals surface area contributed by atoms with E-state index in [0.29, 0.717) is 23.4 Å². The van der Waals surface area contributed by atoms with Gasteiger partial charge in [-0.25, -0.2) is 9.78 Å². The standard InChI is InChI=1S/C12H14BrN3O3/c1-7-5-8(16(6-7)12(18)19)11(17)15-10-4-2-3-9(13)14-10/h2-4,7-8H,5-6H2,1H3,(H,18,19)(H,14,15,17). The van der Waals surface area contributed by atoms with Crippen LogP contribution in [0.1, 0.15) is 13.3 Å². The van der Waals surface area contributed by atoms with Crippen molar-refractivity contribution in [2.75, 3.05) is 11.9 Å². The Kier molecular flexibility index (Phi) is 4.04. The van der Waals surface area contributed by atoms with E-state index in [1.165, 1.54) is 4.90 Å². The van der Waals surface area contributed by atoms with Crippen molar-refractivity contribution >= 4 is 33.7 Å². The molecule has 1 aliphatic heterocycles. The number of carbonyl (C=O) groups excluding carboxylic acids is 1. The molecular weight excluding hydrogens is 314 g/mol. The smallest absolute Gasteiger partial charge is 0.407 e. The van der Waals surface area contributed by atoms with E-state index in [-0.39, 0.29) is 11.8 Å². The molecule has 2 rings (SSSR count). The summed E-state index contributed by atoms with van der Waals surface area (Å²) in [5.41, 5.74) is 0. The van der Waals surface area contributed by atoms with Gasteiger partial charge in [0.2, 0.25) is 5.91 Å². The third-order valence-electron chi connectivity index (χ3n) is 3.02. The Balaban J connectivity index is 2.09. The van der Waals surface area contributed by atoms with Gasteiger partial charge in [-0.05, 0) is 40.4 Å². The topological polar surface area (TPSA) is 82.5 Å². The molecule has 2 amide bonds. The molecule has 0 spiro atoms. The van der Waals surface area contributed by atoms with Crippen molar-refractivity contribution < 1.29 is 14.7 Å². The number of hydrogen-bond donors (Lipinski definition) is 2. The fourth-order valence-corrected chi connectivity index (χ4v) is 2.54. The average Bonchev–Trinajstić information content (AvgIpc) is 2.71. The summed E-state index contributed by atoms with van der Waals surface area (Å²) in [5.74, 6) is 0.254. The van der Waals surface area contributed by atoms with Crippen LogP contribution in [0, 0.1) is 5.92 Å². The van der Waals surface area contributed by atoms with Gasteiger partial charge < -0.3 is 10.4 Å². The molecule has 2 N–H and O–H groups in total. The number of anilines is 1. The van der Waals surface area contributed by atoms with Gasteiger partial charge in [-0.2, -0.15) is 0 Å². The van der Waals surface area contributed by atoms with E-state index in [2.05, 4.69) is 26.2 Å². The number of hydrogen-bond acceptors (Lipinski definition) is 3. The van der Waals surface area contributed by atoms with Crippen LogP contribution < -0.4 is 5.32 Å². The lowest BCUT2D eigenvalue weighted by Crippen LogP contribution is -2.42. The highest BCUT2D eigenvalue weighted by molar-refractivity contribution is 9.10. The lowest BCUT2D eigenvalue weighted by atomic mass is 10.1. The normalized spacial score (nSPS) is 22.3. The van der Waals surface area contributed by atoms with Gasteiger partial charge in [-0.3, -0.25) is 9.69 Å². The molecule has 102 valence electrons. The van der Waals surface area contributed by atoms with Gasteiger partial charge in [0.15, 0.2) is 0 Å². The number of halogens is 1. The van der Waals surface area contributed by atoms with Crippen LogP contribution in [-0.2, 0) is 4.79 Å². The molecule has 1 aliphatic rings. The Labute approximate surface area is 118 Å². The van der Waals surface area contributed by atoms with Crippen LogP contribution in [0.25, 0.3) is 0 Å². The van der Waals surface area contributed by atoms with Gasteiger partial charge >= 0.3 is 6.09 Å². The van der Waals surface area contributed by atoms with E-state index in [1.54, 1.807) is 18.2 Å². The summed E-state index contributed by atoms with van der Waals surface area (Å²) >= 11 is 3.21. The molecule has 19 heavy (non-hydrogen) atoms. The third kappa shape index (κ3) is 3.23. The van der Waals surface area contributed by atoms with Gasteiger partial charge in [0.05, 0.1) is 0 Å². The Morgan fingerprint density at radius 2 is 2.26 bits per heavy atom. The van der Waals surface area contributed by atoms with Gasteiger partial charge in [0, 0.05) is 6.54 Å². The van der Waals surface area contributed by atoms with Crippen molar-refractivity contribution in [1.82, 2.24) is 9.88 Å². The molecule has 6 nitrogen and oxygen atoms in total. The number of carbonyl (C=O) groups is 2. The maximum Gasteiger partial charge on any atom is 0.407 e. The molecule has 0 saturated carbocycles. The third-order valence-corrected chi connectivity index (χ3v) is 3.47. The maximum atomic E-state index is 12.1. The highest BCUT2D eigenvalue weighted by Gasteiger charge is 2.37. The summed E-state index contributed by atoms with van der Waals surface area (Å²) in [7, 11) is 0. The molecule has 0 aromatic carbocycles. The molecule has 0 bridgehead atoms. The first kappa shape index (κ1) is 13.8. The minimum absolute atomic E-state index is 0.183. The molecule has 0 radical (unpaired) electrons. The van der Waals surface area contributed by atoms with E-state index in [9.17, 15) is 9.59 Å². The molecule has 7 heteroatoms. The van der Waals surface area contributed by atoms with Crippen molar-refractivity contribution in [3.8, 4) is 0 Å². The second kappa shape index (κ2) is 5.56. The minimum Gasteiger partial charge on any atom is -0.465 e. The fourth-order valence-electron chi connectivity index (χ4n) is 2.19. The lowest BCUT2D eigenvalue weighted by Gasteiger charge is -2.20. The summed E-state index contributed by atoms with van der Waals surface area (Å²) in [6.07, 6.45) is -0.529. The molecule has 1 aromatic rings. The number of carboxylic acid groups (broad SMARTS) is 1. The fraction of sp³-hybridized carbons (Fsp3) is 0.417. The van der Waals surface area contributed by atoms with E-state index in [4.69, 9.17) is 5.11 Å². The Hall–Kier alpha value is -1.63. The van der Waals surface area contributed by atoms with Crippen molar-refractivity contribution in [1.29, 1.82) is 0 Å². The SMILES string of the molecule is CC1CC(C(=O)Nc2cccc(Br)n2)N(C(=O)O)C1. The van der Waals surface area contributed by atoms with Crippen LogP contribution in [0.3, 0.4) is 0 Å². The average molecular weight is 328 g/mol. The molecule has 2 heterocycles. The largest absolute Gasteiger partial charge is 0.465 e. The number of pyridine rings is 1. The van der Waals surface area contributed by atoms with Gasteiger partial charge in [-0.1, -0.05) is 13.0 Å². The van der Waals surface area contributed by atoms with Crippen LogP contribution >= 0.6 is 15.9 Å². The molecule has 1 aromatic heterocycles. The Morgan fingerprint density at radius 1 is 1.53 bits per heavy atom. The molecular formula is C12H14BrN3O3. The quantitative estimate of drug-likeness (QED) is 0.815. The number of rotatable bonds is 2. The minimum atomic E-state index is -1.06. The Morgan fingerprint density at radius 3 is 2.89 bits per heavy atom. The number of nitrogens with zero attached hydrogens (tertiary/aromatic N) is 2. The second-order valence-electron chi connectivity index (χ2n) is 4.63. The van der Waals surface area contributed by atoms with Crippen molar-refractivity contribution in [3.05, 3.63) is 22.8 Å². The summed E-state index contributed by atoms with van der Waals surface area (Å²) in [6.45, 7) is 2.32. The van der Waals surface area contributed by atoms with E-state index >= 15 is 0 Å². The van der Waals surface area contributed by atoms with E-state index in [0.717, 1.165) is 0 Å². The number of likely N-dealkylation sites (tertiary alicyclic amines) is 1. The number of aromatic nitrogens is 1. The first-order valence-electron chi connectivity index (χ1n) is 5.90. The van der Waals surface area contributed by atoms with E-state index in [1.807, 2.05) is 6.92 Å². The van der Waals surface area contributed by atoms with Gasteiger partial charge in [0.1, 0.15) is 16.5 Å². The first-order valence-corrected chi connectivity index (χ1v) is 6.69. The van der Waals surface area contributed by atoms with Crippen LogP contribution in [0.4, 0.5) is 10.6 Å². The summed E-state index contributed by atoms with van der Waals surface area (Å²) in [5, 5.41) is 11.7. The zero-order chi connectivity index (χ0) is 14.0. The van der Waals surface area contributed by atoms with E-state index < -0.39 is 12.1 Å². The predicted octanol–water partition coefficient (Wildman–Crippen LogP) is 2.17. The van der Waals surface area contributed by atoms with Crippen LogP contribution in [-0.4, -0.2) is 39.6 Å². The van der Waals surface area contributed by atoms with Crippen molar-refractivity contribution in [2.24, 2.45) is 5.92 Å². The molecule has 0 aliphatic carbocycles. The highest BCUT2D eigenvalue weighted by Crippen LogP contribution is 2.24. The van der Waals surface area contributed by atoms with Crippen LogP contribution in [0.2, 0.25) is 0 Å². The number of nitrogens with one attached hydrogen (secondary N) is 1. The molecule has 1 fully saturated rings. The van der Waals surface area contributed by atoms with Crippen molar-refractivity contribution in [3.63, 3.8) is 0 Å². The summed E-state index contributed by atoms with van der Waals surface area (Å²) < 4.78 is 0.611. The highest BCUT2D eigenvalue weighted by atomic mass is 79.9. The first-order chi connectivity index (χ1) is 8.97. The molecule has 2 atom stereocenters. The monoisotopic (exact) mass is 327 g/mol. The van der Waals surface area contributed by atoms with Gasteiger partial charge in [-0.15, -0.1) is 0 Å². The van der Waals surface area contributed by atoms with Crippen LogP contribution in [0.5, 0.6) is 0 Å². The lowest BCUT2D eigenvalue weighted by molar-refractivity contribution is -0.119. The molecule has 2 unspecified atom stereocenters. The van der Waals surface area contributed by atoms with Crippen LogP contribution in [0.15, 0.2) is 22.8 Å².